The van der Waals surface area contributed by atoms with Crippen LogP contribution in [0.25, 0.3) is 0 Å². The van der Waals surface area contributed by atoms with Crippen molar-refractivity contribution in [1.82, 2.24) is 10.8 Å². The number of hydroxylamine groups is 1. The van der Waals surface area contributed by atoms with Crippen LogP contribution in [-0.4, -0.2) is 37.3 Å². The lowest BCUT2D eigenvalue weighted by Crippen LogP contribution is -2.28. The molecule has 2 amide bonds. The largest absolute Gasteiger partial charge is 0.494 e. The van der Waals surface area contributed by atoms with Gasteiger partial charge in [0.2, 0.25) is 0 Å². The molecule has 0 aliphatic rings. The number of nitrogens with one attached hydrogen (secondary N) is 2. The second-order valence-corrected chi connectivity index (χ2v) is 4.92. The first-order chi connectivity index (χ1) is 12.0. The summed E-state index contributed by atoms with van der Waals surface area (Å²) >= 11 is 0. The fourth-order valence-corrected chi connectivity index (χ4v) is 2.01. The lowest BCUT2D eigenvalue weighted by molar-refractivity contribution is 0.0706. The first kappa shape index (κ1) is 18.2. The van der Waals surface area contributed by atoms with Gasteiger partial charge in [-0.15, -0.1) is 0 Å². The molecule has 0 saturated carbocycles. The van der Waals surface area contributed by atoms with E-state index < -0.39 is 17.6 Å². The van der Waals surface area contributed by atoms with Gasteiger partial charge in [-0.3, -0.25) is 14.8 Å². The zero-order chi connectivity index (χ0) is 18.2. The molecule has 7 nitrogen and oxygen atoms in total. The van der Waals surface area contributed by atoms with Gasteiger partial charge in [-0.1, -0.05) is 0 Å². The standard InChI is InChI=1S/C17H17FN2O5/c1-24-15-7-4-12(10-14(15)18)16(21)19-8-9-25-13-5-2-11(3-6-13)17(22)20-23/h2-7,10,23H,8-9H2,1H3,(H,19,21)(H,20,22). The van der Waals surface area contributed by atoms with Gasteiger partial charge in [0.15, 0.2) is 11.6 Å². The highest BCUT2D eigenvalue weighted by atomic mass is 19.1. The number of amides is 2. The third kappa shape index (κ3) is 4.92. The molecule has 8 heteroatoms. The predicted molar refractivity (Wildman–Crippen MR) is 86.5 cm³/mol. The summed E-state index contributed by atoms with van der Waals surface area (Å²) in [5.74, 6) is -1.10. The fourth-order valence-electron chi connectivity index (χ4n) is 2.01. The molecule has 132 valence electrons. The van der Waals surface area contributed by atoms with Gasteiger partial charge < -0.3 is 14.8 Å². The van der Waals surface area contributed by atoms with Gasteiger partial charge in [-0.05, 0) is 42.5 Å². The number of ether oxygens (including phenoxy) is 2. The van der Waals surface area contributed by atoms with Gasteiger partial charge in [0.1, 0.15) is 12.4 Å². The van der Waals surface area contributed by atoms with Crippen LogP contribution in [-0.2, 0) is 0 Å². The van der Waals surface area contributed by atoms with Gasteiger partial charge in [0.05, 0.1) is 13.7 Å². The minimum absolute atomic E-state index is 0.0678. The van der Waals surface area contributed by atoms with Gasteiger partial charge in [0.25, 0.3) is 11.8 Å². The molecule has 0 spiro atoms. The second-order valence-electron chi connectivity index (χ2n) is 4.92. The maximum absolute atomic E-state index is 13.6. The van der Waals surface area contributed by atoms with Crippen molar-refractivity contribution < 1.29 is 28.7 Å². The van der Waals surface area contributed by atoms with E-state index >= 15 is 0 Å². The minimum Gasteiger partial charge on any atom is -0.494 e. The molecule has 2 aromatic rings. The lowest BCUT2D eigenvalue weighted by Gasteiger charge is -2.09. The van der Waals surface area contributed by atoms with E-state index in [9.17, 15) is 14.0 Å². The molecule has 0 atom stereocenters. The number of hydrogen-bond acceptors (Lipinski definition) is 5. The summed E-state index contributed by atoms with van der Waals surface area (Å²) in [4.78, 5) is 23.1. The lowest BCUT2D eigenvalue weighted by atomic mass is 10.2. The molecule has 2 aromatic carbocycles. The van der Waals surface area contributed by atoms with E-state index in [0.717, 1.165) is 6.07 Å². The van der Waals surface area contributed by atoms with Crippen LogP contribution in [0.15, 0.2) is 42.5 Å². The Morgan fingerprint density at radius 1 is 1.08 bits per heavy atom. The summed E-state index contributed by atoms with van der Waals surface area (Å²) in [6.45, 7) is 0.404. The van der Waals surface area contributed by atoms with E-state index in [1.165, 1.54) is 36.9 Å². The fraction of sp³-hybridized carbons (Fsp3) is 0.176. The zero-order valence-electron chi connectivity index (χ0n) is 13.4. The SMILES string of the molecule is COc1ccc(C(=O)NCCOc2ccc(C(=O)NO)cc2)cc1F. The van der Waals surface area contributed by atoms with Crippen LogP contribution in [0.2, 0.25) is 0 Å². The molecule has 2 rings (SSSR count). The smallest absolute Gasteiger partial charge is 0.274 e. The molecule has 0 aliphatic heterocycles. The third-order valence-electron chi connectivity index (χ3n) is 3.29. The van der Waals surface area contributed by atoms with Crippen molar-refractivity contribution in [2.24, 2.45) is 0 Å². The topological polar surface area (TPSA) is 96.9 Å². The summed E-state index contributed by atoms with van der Waals surface area (Å²) in [6, 6.07) is 10.0. The molecule has 0 fully saturated rings. The van der Waals surface area contributed by atoms with Crippen LogP contribution < -0.4 is 20.3 Å². The first-order valence-corrected chi connectivity index (χ1v) is 7.34. The summed E-state index contributed by atoms with van der Waals surface area (Å²) in [5, 5.41) is 11.1. The van der Waals surface area contributed by atoms with Crippen molar-refractivity contribution in [2.45, 2.75) is 0 Å². The summed E-state index contributed by atoms with van der Waals surface area (Å²) in [5.41, 5.74) is 1.99. The number of rotatable bonds is 7. The molecule has 0 saturated heterocycles. The van der Waals surface area contributed by atoms with Crippen LogP contribution in [0.3, 0.4) is 0 Å². The number of hydrogen-bond donors (Lipinski definition) is 3. The van der Waals surface area contributed by atoms with Crippen molar-refractivity contribution in [2.75, 3.05) is 20.3 Å². The van der Waals surface area contributed by atoms with Gasteiger partial charge in [-0.2, -0.15) is 0 Å². The maximum atomic E-state index is 13.6. The number of carbonyl (C=O) groups excluding carboxylic acids is 2. The quantitative estimate of drug-likeness (QED) is 0.402. The number of halogens is 1. The Hall–Kier alpha value is -3.13. The van der Waals surface area contributed by atoms with E-state index in [1.807, 2.05) is 0 Å². The Balaban J connectivity index is 1.79. The Labute approximate surface area is 143 Å². The third-order valence-corrected chi connectivity index (χ3v) is 3.29. The molecule has 0 heterocycles. The van der Waals surface area contributed by atoms with Crippen LogP contribution in [0.5, 0.6) is 11.5 Å². The maximum Gasteiger partial charge on any atom is 0.274 e. The predicted octanol–water partition coefficient (Wildman–Crippen LogP) is 1.76. The van der Waals surface area contributed by atoms with E-state index in [1.54, 1.807) is 12.1 Å². The normalized spacial score (nSPS) is 10.0. The Morgan fingerprint density at radius 2 is 1.76 bits per heavy atom. The first-order valence-electron chi connectivity index (χ1n) is 7.34. The number of methoxy groups -OCH3 is 1. The van der Waals surface area contributed by atoms with E-state index in [2.05, 4.69) is 5.32 Å². The molecule has 0 radical (unpaired) electrons. The highest BCUT2D eigenvalue weighted by Gasteiger charge is 2.09. The van der Waals surface area contributed by atoms with Gasteiger partial charge in [-0.25, -0.2) is 9.87 Å². The molecule has 0 bridgehead atoms. The zero-order valence-corrected chi connectivity index (χ0v) is 13.4. The summed E-state index contributed by atoms with van der Waals surface area (Å²) < 4.78 is 23.8. The van der Waals surface area contributed by atoms with E-state index in [-0.39, 0.29) is 30.0 Å². The highest BCUT2D eigenvalue weighted by Crippen LogP contribution is 2.17. The van der Waals surface area contributed by atoms with Crippen molar-refractivity contribution >= 4 is 11.8 Å². The molecule has 0 aromatic heterocycles. The average Bonchev–Trinajstić information content (AvgIpc) is 2.64. The Morgan fingerprint density at radius 3 is 2.36 bits per heavy atom. The van der Waals surface area contributed by atoms with Gasteiger partial charge >= 0.3 is 0 Å². The van der Waals surface area contributed by atoms with Crippen LogP contribution in [0, 0.1) is 5.82 Å². The van der Waals surface area contributed by atoms with Crippen molar-refractivity contribution in [1.29, 1.82) is 0 Å². The van der Waals surface area contributed by atoms with Crippen LogP contribution in [0.4, 0.5) is 4.39 Å². The molecular weight excluding hydrogens is 331 g/mol. The number of carbonyl (C=O) groups is 2. The van der Waals surface area contributed by atoms with Crippen molar-refractivity contribution in [3.63, 3.8) is 0 Å². The van der Waals surface area contributed by atoms with Crippen LogP contribution >= 0.6 is 0 Å². The molecule has 3 N–H and O–H groups in total. The van der Waals surface area contributed by atoms with Gasteiger partial charge in [0, 0.05) is 11.1 Å². The van der Waals surface area contributed by atoms with E-state index in [4.69, 9.17) is 14.7 Å². The average molecular weight is 348 g/mol. The van der Waals surface area contributed by atoms with Crippen LogP contribution in [0.1, 0.15) is 20.7 Å². The minimum atomic E-state index is -0.620. The molecule has 0 aliphatic carbocycles. The Kier molecular flexibility index (Phi) is 6.30. The molecule has 25 heavy (non-hydrogen) atoms. The molecular formula is C17H17FN2O5. The monoisotopic (exact) mass is 348 g/mol. The molecule has 0 unspecified atom stereocenters. The Bertz CT molecular complexity index is 749. The van der Waals surface area contributed by atoms with Crippen molar-refractivity contribution in [3.8, 4) is 11.5 Å². The summed E-state index contributed by atoms with van der Waals surface area (Å²) in [7, 11) is 1.35. The highest BCUT2D eigenvalue weighted by molar-refractivity contribution is 5.94. The summed E-state index contributed by atoms with van der Waals surface area (Å²) in [6.07, 6.45) is 0. The second kappa shape index (κ2) is 8.65. The number of benzene rings is 2. The van der Waals surface area contributed by atoms with E-state index in [0.29, 0.717) is 5.75 Å². The van der Waals surface area contributed by atoms with Crippen molar-refractivity contribution in [3.05, 3.63) is 59.4 Å².